The van der Waals surface area contributed by atoms with Crippen LogP contribution in [-0.4, -0.2) is 215 Å². The van der Waals surface area contributed by atoms with E-state index in [2.05, 4.69) is 32.5 Å². The van der Waals surface area contributed by atoms with Gasteiger partial charge in [0.15, 0.2) is 23.7 Å². The summed E-state index contributed by atoms with van der Waals surface area (Å²) in [5.74, 6) is 2.37. The zero-order valence-electron chi connectivity index (χ0n) is 42.2. The standard InChI is InChI=1S/C44H74N12O18/c1-5-11-55-34-37(51-42(46)52-40(34)62)56(43(55)63)41-36-35(29(23-57)72-41)73-32(74-36)26-70-21-22-71-44(64)54(4)12-10-48-38(60)28(8-6-7-9-45)49-39(61)33(27(2)3)50-30(58)24-68-19-17-66-15-13-65-14-16-67-18-20-69-25-31(59)53-47/h5,27-29,32-33,35-36,41,57H,1,6-26,45,47H2,2-4H3,(H,48,60)(H,49,61)(H,50,58)(H,53,59)(H3,46,51,52,62)/t28-,29+,32?,33-,35+,36+,41+/m0/s1. The van der Waals surface area contributed by atoms with E-state index in [9.17, 15) is 38.7 Å². The van der Waals surface area contributed by atoms with Crippen molar-refractivity contribution in [2.45, 2.75) is 82.6 Å². The number of nitrogens with two attached hydrogens (primary N) is 3. The number of hydrogen-bond donors (Lipinski definition) is 9. The normalized spacial score (nSPS) is 19.0. The number of hydrogen-bond acceptors (Lipinski definition) is 22. The number of aromatic nitrogens is 4. The summed E-state index contributed by atoms with van der Waals surface area (Å²) in [4.78, 5) is 97.4. The summed E-state index contributed by atoms with van der Waals surface area (Å²) in [5, 5.41) is 18.2. The molecule has 0 aliphatic carbocycles. The van der Waals surface area contributed by atoms with E-state index < -0.39 is 90.5 Å². The maximum Gasteiger partial charge on any atom is 0.409 e. The molecular weight excluding hydrogens is 985 g/mol. The Morgan fingerprint density at radius 3 is 2.09 bits per heavy atom. The summed E-state index contributed by atoms with van der Waals surface area (Å²) >= 11 is 0. The fraction of sp³-hybridized carbons (Fsp3) is 0.727. The molecule has 12 N–H and O–H groups in total. The first-order chi connectivity index (χ1) is 35.6. The fourth-order valence-electron chi connectivity index (χ4n) is 7.52. The molecule has 4 heterocycles. The molecule has 2 saturated heterocycles. The van der Waals surface area contributed by atoms with Gasteiger partial charge in [0.1, 0.15) is 50.2 Å². The molecule has 2 aromatic rings. The van der Waals surface area contributed by atoms with E-state index in [4.69, 9.17) is 64.7 Å². The van der Waals surface area contributed by atoms with E-state index in [1.165, 1.54) is 22.6 Å². The van der Waals surface area contributed by atoms with Crippen LogP contribution in [0, 0.1) is 5.92 Å². The molecule has 0 bridgehead atoms. The summed E-state index contributed by atoms with van der Waals surface area (Å²) in [6, 6.07) is -1.94. The van der Waals surface area contributed by atoms with Crippen molar-refractivity contribution in [1.82, 2.24) is 45.4 Å². The Kier molecular flexibility index (Phi) is 26.9. The third kappa shape index (κ3) is 18.9. The molecule has 0 aromatic carbocycles. The lowest BCUT2D eigenvalue weighted by atomic mass is 10.0. The van der Waals surface area contributed by atoms with Crippen molar-refractivity contribution in [2.24, 2.45) is 17.5 Å². The molecule has 0 spiro atoms. The number of nitrogens with zero attached hydrogens (tertiary/aromatic N) is 4. The van der Waals surface area contributed by atoms with Crippen molar-refractivity contribution in [3.63, 3.8) is 0 Å². The van der Waals surface area contributed by atoms with Crippen LogP contribution < -0.4 is 49.9 Å². The summed E-state index contributed by atoms with van der Waals surface area (Å²) in [6.45, 7) is 8.42. The number of likely N-dealkylation sites (N-methyl/N-ethyl adjacent to an activating group) is 1. The molecule has 5 amide bonds. The van der Waals surface area contributed by atoms with E-state index in [0.29, 0.717) is 45.8 Å². The number of hydrazine groups is 1. The van der Waals surface area contributed by atoms with Gasteiger partial charge in [0.2, 0.25) is 23.7 Å². The molecule has 7 atom stereocenters. The number of allylic oxidation sites excluding steroid dienone is 1. The second-order valence-electron chi connectivity index (χ2n) is 17.1. The number of amides is 5. The van der Waals surface area contributed by atoms with Crippen molar-refractivity contribution < 1.29 is 76.4 Å². The van der Waals surface area contributed by atoms with Gasteiger partial charge in [-0.1, -0.05) is 19.9 Å². The van der Waals surface area contributed by atoms with E-state index in [1.54, 1.807) is 13.8 Å². The zero-order valence-corrected chi connectivity index (χ0v) is 42.2. The number of aliphatic hydroxyl groups excluding tert-OH is 1. The van der Waals surface area contributed by atoms with Crippen molar-refractivity contribution in [1.29, 1.82) is 0 Å². The quantitative estimate of drug-likeness (QED) is 0.0102. The van der Waals surface area contributed by atoms with E-state index >= 15 is 0 Å². The average Bonchev–Trinajstić information content (AvgIpc) is 4.02. The number of imidazole rings is 1. The predicted octanol–water partition coefficient (Wildman–Crippen LogP) is -4.32. The average molecular weight is 1060 g/mol. The number of fused-ring (bicyclic) bond motifs is 2. The fourth-order valence-corrected chi connectivity index (χ4v) is 7.52. The second kappa shape index (κ2) is 32.6. The van der Waals surface area contributed by atoms with Crippen LogP contribution in [0.15, 0.2) is 22.2 Å². The van der Waals surface area contributed by atoms with Gasteiger partial charge < -0.3 is 84.8 Å². The minimum atomic E-state index is -1.15. The highest BCUT2D eigenvalue weighted by molar-refractivity contribution is 5.92. The Balaban J connectivity index is 1.12. The van der Waals surface area contributed by atoms with Crippen LogP contribution in [-0.2, 0) is 73.1 Å². The summed E-state index contributed by atoms with van der Waals surface area (Å²) in [7, 11) is 1.48. The van der Waals surface area contributed by atoms with Crippen molar-refractivity contribution >= 4 is 46.8 Å². The molecule has 0 radical (unpaired) electrons. The SMILES string of the molecule is C=CCn1c(=O)n([C@@H]2O[C@H](CO)[C@H]3OC(COCCOC(=O)N(C)CCNC(=O)[C@H](CCCCN)NC(=O)[C@@H](NC(=O)COCCOCCOCCOCCOCC(=O)NN)C(C)C)O[C@H]32)c2nc(N)[nH]c(=O)c21. The summed E-state index contributed by atoms with van der Waals surface area (Å²) in [6.07, 6.45) is -2.61. The molecule has 2 aliphatic heterocycles. The highest BCUT2D eigenvalue weighted by Gasteiger charge is 2.54. The Bertz CT molecular complexity index is 2210. The predicted molar refractivity (Wildman–Crippen MR) is 260 cm³/mol. The van der Waals surface area contributed by atoms with E-state index in [1.807, 2.05) is 5.43 Å². The van der Waals surface area contributed by atoms with E-state index in [-0.39, 0.29) is 109 Å². The minimum absolute atomic E-state index is 0.00879. The number of rotatable bonds is 37. The highest BCUT2D eigenvalue weighted by atomic mass is 16.8. The first-order valence-electron chi connectivity index (χ1n) is 24.2. The Hall–Kier alpha value is -5.64. The lowest BCUT2D eigenvalue weighted by molar-refractivity contribution is -0.171. The molecule has 4 rings (SSSR count). The molecule has 30 nitrogen and oxygen atoms in total. The lowest BCUT2D eigenvalue weighted by Gasteiger charge is -2.25. The molecule has 74 heavy (non-hydrogen) atoms. The number of carbonyl (C=O) groups is 5. The monoisotopic (exact) mass is 1060 g/mol. The maximum atomic E-state index is 13.6. The van der Waals surface area contributed by atoms with Crippen LogP contribution in [0.2, 0.25) is 0 Å². The highest BCUT2D eigenvalue weighted by Crippen LogP contribution is 2.39. The molecule has 0 saturated carbocycles. The number of nitrogen functional groups attached to an aromatic ring is 1. The molecule has 2 aliphatic rings. The molecule has 30 heteroatoms. The summed E-state index contributed by atoms with van der Waals surface area (Å²) in [5.41, 5.74) is 12.1. The number of unbranched alkanes of at least 4 members (excludes halogenated alkanes) is 1. The maximum absolute atomic E-state index is 13.6. The number of aromatic amines is 1. The van der Waals surface area contributed by atoms with Crippen LogP contribution in [0.4, 0.5) is 10.7 Å². The second-order valence-corrected chi connectivity index (χ2v) is 17.1. The van der Waals surface area contributed by atoms with Crippen molar-refractivity contribution in [3.05, 3.63) is 33.5 Å². The van der Waals surface area contributed by atoms with Crippen LogP contribution in [0.5, 0.6) is 0 Å². The van der Waals surface area contributed by atoms with Crippen LogP contribution in [0.1, 0.15) is 39.3 Å². The Labute approximate surface area is 426 Å². The number of aliphatic hydroxyl groups is 1. The molecular formula is C44H74N12O18. The number of ether oxygens (including phenoxy) is 10. The molecule has 2 aromatic heterocycles. The topological polar surface area (TPSA) is 400 Å². The third-order valence-corrected chi connectivity index (χ3v) is 11.2. The number of nitrogens with one attached hydrogen (secondary N) is 5. The summed E-state index contributed by atoms with van der Waals surface area (Å²) < 4.78 is 57.9. The van der Waals surface area contributed by atoms with Gasteiger partial charge >= 0.3 is 11.8 Å². The smallest absolute Gasteiger partial charge is 0.409 e. The molecule has 2 fully saturated rings. The number of anilines is 1. The largest absolute Gasteiger partial charge is 0.447 e. The number of carbonyl (C=O) groups excluding carboxylic acids is 5. The van der Waals surface area contributed by atoms with Gasteiger partial charge in [-0.05, 0) is 31.7 Å². The Morgan fingerprint density at radius 2 is 1.49 bits per heavy atom. The third-order valence-electron chi connectivity index (χ3n) is 11.2. The lowest BCUT2D eigenvalue weighted by Crippen LogP contribution is -2.56. The minimum Gasteiger partial charge on any atom is -0.447 e. The van der Waals surface area contributed by atoms with Crippen LogP contribution in [0.3, 0.4) is 0 Å². The molecule has 1 unspecified atom stereocenters. The first-order valence-corrected chi connectivity index (χ1v) is 24.2. The van der Waals surface area contributed by atoms with Gasteiger partial charge in [-0.15, -0.1) is 6.58 Å². The van der Waals surface area contributed by atoms with Gasteiger partial charge in [-0.3, -0.25) is 38.9 Å². The zero-order chi connectivity index (χ0) is 54.0. The van der Waals surface area contributed by atoms with Crippen LogP contribution in [0.25, 0.3) is 11.2 Å². The molecule has 418 valence electrons. The van der Waals surface area contributed by atoms with Gasteiger partial charge in [-0.25, -0.2) is 20.0 Å². The van der Waals surface area contributed by atoms with Gasteiger partial charge in [-0.2, -0.15) is 4.98 Å². The van der Waals surface area contributed by atoms with Crippen molar-refractivity contribution in [2.75, 3.05) is 125 Å². The number of H-pyrrole nitrogens is 1. The first kappa shape index (κ1) is 60.9. The van der Waals surface area contributed by atoms with Gasteiger partial charge in [0, 0.05) is 26.7 Å². The van der Waals surface area contributed by atoms with Crippen molar-refractivity contribution in [3.8, 4) is 0 Å². The van der Waals surface area contributed by atoms with E-state index in [0.717, 1.165) is 4.57 Å². The van der Waals surface area contributed by atoms with Gasteiger partial charge in [0.25, 0.3) is 11.5 Å². The van der Waals surface area contributed by atoms with Gasteiger partial charge in [0.05, 0.1) is 72.7 Å². The Morgan fingerprint density at radius 1 is 0.865 bits per heavy atom. The van der Waals surface area contributed by atoms with Crippen LogP contribution >= 0.6 is 0 Å².